The number of rotatable bonds is 18. The molecule has 2 aromatic rings. The van der Waals surface area contributed by atoms with E-state index in [0.717, 1.165) is 16.7 Å². The molecule has 3 N–H and O–H groups in total. The number of hydrogen-bond acceptors (Lipinski definition) is 14. The van der Waals surface area contributed by atoms with Gasteiger partial charge in [-0.1, -0.05) is 0 Å². The molecule has 0 bridgehead atoms. The topological polar surface area (TPSA) is 213 Å². The molecule has 2 heterocycles. The van der Waals surface area contributed by atoms with Gasteiger partial charge in [-0.25, -0.2) is 19.2 Å². The maximum atomic E-state index is 14.1. The Hall–Kier alpha value is -6.01. The molecule has 3 aliphatic rings. The van der Waals surface area contributed by atoms with Gasteiger partial charge in [-0.15, -0.1) is 0 Å². The Morgan fingerprint density at radius 3 is 1.82 bits per heavy atom. The van der Waals surface area contributed by atoms with E-state index in [1.165, 1.54) is 19.1 Å². The van der Waals surface area contributed by atoms with Gasteiger partial charge in [0, 0.05) is 51.1 Å². The fraction of sp³-hybridized carbons (Fsp3) is 0.638. The smallest absolute Gasteiger partial charge is 0.410 e. The number of methoxy groups -OCH3 is 2. The number of fused-ring (bicyclic) bond motifs is 4. The summed E-state index contributed by atoms with van der Waals surface area (Å²) in [6.07, 6.45) is -0.359. The van der Waals surface area contributed by atoms with Crippen molar-refractivity contribution in [3.8, 4) is 28.7 Å². The molecule has 366 valence electrons. The van der Waals surface area contributed by atoms with Gasteiger partial charge in [0.25, 0.3) is 6.47 Å². The lowest BCUT2D eigenvalue weighted by atomic mass is 9.69. The molecule has 19 nitrogen and oxygen atoms in total. The third-order valence-electron chi connectivity index (χ3n) is 11.0. The molecule has 1 saturated heterocycles. The van der Waals surface area contributed by atoms with Crippen molar-refractivity contribution in [1.29, 1.82) is 0 Å². The summed E-state index contributed by atoms with van der Waals surface area (Å²) in [5, 5.41) is 16.6. The van der Waals surface area contributed by atoms with E-state index in [1.807, 2.05) is 12.1 Å². The molecule has 0 saturated carbocycles. The predicted octanol–water partition coefficient (Wildman–Crippen LogP) is 7.41. The minimum Gasteiger partial charge on any atom is -0.502 e. The summed E-state index contributed by atoms with van der Waals surface area (Å²) < 4.78 is 45.1. The first-order valence-electron chi connectivity index (χ1n) is 22.5. The summed E-state index contributed by atoms with van der Waals surface area (Å²) >= 11 is 0. The number of amides is 5. The van der Waals surface area contributed by atoms with Crippen LogP contribution < -0.4 is 29.6 Å². The molecule has 66 heavy (non-hydrogen) atoms. The second-order valence-electron chi connectivity index (χ2n) is 19.6. The Labute approximate surface area is 387 Å². The van der Waals surface area contributed by atoms with Crippen LogP contribution in [0.5, 0.6) is 28.7 Å². The Morgan fingerprint density at radius 1 is 0.788 bits per heavy atom. The highest BCUT2D eigenvalue weighted by atomic mass is 16.7. The van der Waals surface area contributed by atoms with Crippen LogP contribution >= 0.6 is 0 Å². The first-order chi connectivity index (χ1) is 31.0. The molecule has 5 amide bonds. The molecule has 1 aliphatic carbocycles. The van der Waals surface area contributed by atoms with E-state index in [0.29, 0.717) is 69.7 Å². The van der Waals surface area contributed by atoms with Crippen LogP contribution in [-0.4, -0.2) is 134 Å². The maximum absolute atomic E-state index is 14.1. The van der Waals surface area contributed by atoms with Crippen LogP contribution in [0.25, 0.3) is 0 Å². The quantitative estimate of drug-likeness (QED) is 0.0755. The number of phenols is 1. The van der Waals surface area contributed by atoms with Crippen molar-refractivity contribution in [2.45, 2.75) is 129 Å². The zero-order valence-electron chi connectivity index (χ0n) is 40.3. The largest absolute Gasteiger partial charge is 0.502 e. The number of nitrogens with zero attached hydrogens (tertiary/aromatic N) is 3. The molecular weight excluding hydrogens is 859 g/mol. The number of nitrogens with one attached hydrogen (secondary N) is 2. The second-order valence-corrected chi connectivity index (χ2v) is 19.6. The molecule has 1 fully saturated rings. The number of aromatic hydroxyl groups is 1. The van der Waals surface area contributed by atoms with Crippen LogP contribution in [-0.2, 0) is 23.7 Å². The summed E-state index contributed by atoms with van der Waals surface area (Å²) in [6, 6.07) is 6.19. The van der Waals surface area contributed by atoms with Crippen LogP contribution in [0, 0.1) is 5.92 Å². The monoisotopic (exact) mass is 927 g/mol. The van der Waals surface area contributed by atoms with Crippen molar-refractivity contribution in [1.82, 2.24) is 25.3 Å². The van der Waals surface area contributed by atoms with Crippen molar-refractivity contribution >= 4 is 30.8 Å². The lowest BCUT2D eigenvalue weighted by molar-refractivity contribution is -0.150. The summed E-state index contributed by atoms with van der Waals surface area (Å²) in [5.74, 6) is 0.549. The predicted molar refractivity (Wildman–Crippen MR) is 241 cm³/mol. The molecule has 4 atom stereocenters. The van der Waals surface area contributed by atoms with Crippen molar-refractivity contribution in [2.75, 3.05) is 60.3 Å². The van der Waals surface area contributed by atoms with Gasteiger partial charge in [0.1, 0.15) is 16.8 Å². The number of alkyl carbamates (subject to hydrolysis) is 1. The summed E-state index contributed by atoms with van der Waals surface area (Å²) in [4.78, 5) is 69.9. The molecule has 19 heteroatoms. The Kier molecular flexibility index (Phi) is 16.6. The van der Waals surface area contributed by atoms with E-state index in [4.69, 9.17) is 37.9 Å². The zero-order valence-corrected chi connectivity index (χ0v) is 40.3. The molecular formula is C47H69N5O14. The molecule has 0 spiro atoms. The van der Waals surface area contributed by atoms with Gasteiger partial charge in [-0.2, -0.15) is 0 Å². The summed E-state index contributed by atoms with van der Waals surface area (Å²) in [6.45, 7) is 18.0. The van der Waals surface area contributed by atoms with Crippen molar-refractivity contribution in [2.24, 2.45) is 5.92 Å². The van der Waals surface area contributed by atoms with Gasteiger partial charge in [0.15, 0.2) is 29.2 Å². The SMILES string of the molecule is COc1cc([C@H]2CC3C(OC=O)N(CCCN(CCCCN(CCCNC(=O)OC(C)(C)C)C(=O)OC(C)(C)C)C(=O)OC(C)(C)C)C(=O)N[C@@H]3c3cc4c(cc32)OCO4)cc(OC)c1O. The van der Waals surface area contributed by atoms with E-state index in [-0.39, 0.29) is 49.6 Å². The Morgan fingerprint density at radius 2 is 1.30 bits per heavy atom. The first kappa shape index (κ1) is 51.0. The molecule has 2 aromatic carbocycles. The number of carbonyl (C=O) groups excluding carboxylic acids is 5. The summed E-state index contributed by atoms with van der Waals surface area (Å²) in [7, 11) is 2.90. The van der Waals surface area contributed by atoms with Crippen molar-refractivity contribution in [3.63, 3.8) is 0 Å². The van der Waals surface area contributed by atoms with Crippen LogP contribution in [0.3, 0.4) is 0 Å². The zero-order chi connectivity index (χ0) is 48.6. The summed E-state index contributed by atoms with van der Waals surface area (Å²) in [5.41, 5.74) is 0.232. The van der Waals surface area contributed by atoms with Crippen molar-refractivity contribution < 1.29 is 67.0 Å². The van der Waals surface area contributed by atoms with E-state index in [2.05, 4.69) is 10.6 Å². The average molecular weight is 928 g/mol. The van der Waals surface area contributed by atoms with E-state index >= 15 is 0 Å². The Bertz CT molecular complexity index is 2020. The van der Waals surface area contributed by atoms with Gasteiger partial charge in [0.2, 0.25) is 12.5 Å². The van der Waals surface area contributed by atoms with Crippen molar-refractivity contribution in [3.05, 3.63) is 41.0 Å². The van der Waals surface area contributed by atoms with Gasteiger partial charge >= 0.3 is 24.3 Å². The normalized spacial score (nSPS) is 18.8. The van der Waals surface area contributed by atoms with Crippen LogP contribution in [0.15, 0.2) is 24.3 Å². The maximum Gasteiger partial charge on any atom is 0.410 e. The number of benzene rings is 2. The van der Waals surface area contributed by atoms with Crippen LogP contribution in [0.4, 0.5) is 19.2 Å². The minimum atomic E-state index is -0.989. The molecule has 2 aliphatic heterocycles. The highest BCUT2D eigenvalue weighted by Crippen LogP contribution is 2.53. The number of unbranched alkanes of at least 4 members (excludes halogenated alkanes) is 1. The molecule has 0 aromatic heterocycles. The number of hydrogen-bond donors (Lipinski definition) is 3. The lowest BCUT2D eigenvalue weighted by Gasteiger charge is -2.48. The number of carbonyl (C=O) groups is 5. The number of phenolic OH excluding ortho intramolecular Hbond substituents is 1. The third-order valence-corrected chi connectivity index (χ3v) is 11.0. The number of ether oxygens (including phenoxy) is 8. The van der Waals surface area contributed by atoms with Crippen LogP contribution in [0.2, 0.25) is 0 Å². The molecule has 0 radical (unpaired) electrons. The standard InChI is InChI=1S/C47H69N5O14/c1-45(2,3)64-42(56)48-16-14-19-50(43(57)65-46(4,5)6)17-12-13-18-51(44(58)66-47(7,8)9)20-15-21-52-40(61-27-53)33-24-30(29-22-36(59-10)39(54)37(23-29)60-11)31-25-34-35(63-28-62-34)26-32(31)38(33)49-41(52)55/h22-23,25-27,30,33,38,40,54H,12-21,24,28H2,1-11H3,(H,48,56)(H,49,55)/t30-,33?,38-,40?/m1/s1. The number of urea groups is 1. The van der Waals surface area contributed by atoms with E-state index in [1.54, 1.807) is 84.2 Å². The fourth-order valence-electron chi connectivity index (χ4n) is 8.28. The fourth-order valence-corrected chi connectivity index (χ4v) is 8.28. The highest BCUT2D eigenvalue weighted by Gasteiger charge is 2.49. The van der Waals surface area contributed by atoms with Crippen LogP contribution in [0.1, 0.15) is 123 Å². The average Bonchev–Trinajstić information content (AvgIpc) is 3.68. The first-order valence-corrected chi connectivity index (χ1v) is 22.5. The van der Waals surface area contributed by atoms with Gasteiger partial charge in [0.05, 0.1) is 20.3 Å². The highest BCUT2D eigenvalue weighted by molar-refractivity contribution is 5.77. The third kappa shape index (κ3) is 13.5. The van der Waals surface area contributed by atoms with E-state index < -0.39 is 59.3 Å². The van der Waals surface area contributed by atoms with E-state index in [9.17, 15) is 29.1 Å². The Balaban J connectivity index is 1.30. The molecule has 2 unspecified atom stereocenters. The van der Waals surface area contributed by atoms with Gasteiger partial charge in [-0.3, -0.25) is 9.69 Å². The second kappa shape index (κ2) is 21.5. The van der Waals surface area contributed by atoms with Gasteiger partial charge < -0.3 is 63.4 Å². The lowest BCUT2D eigenvalue weighted by Crippen LogP contribution is -2.61. The molecule has 5 rings (SSSR count). The van der Waals surface area contributed by atoms with Gasteiger partial charge in [-0.05, 0) is 135 Å². The minimum absolute atomic E-state index is 0.0380.